The van der Waals surface area contributed by atoms with Crippen LogP contribution in [0.5, 0.6) is 0 Å². The third-order valence-corrected chi connectivity index (χ3v) is 8.72. The molecule has 1 spiro atoms. The average Bonchev–Trinajstić information content (AvgIpc) is 2.98. The Hall–Kier alpha value is -2.07. The second-order valence-electron chi connectivity index (χ2n) is 9.30. The lowest BCUT2D eigenvalue weighted by molar-refractivity contribution is -0.128. The molecule has 2 amide bonds. The summed E-state index contributed by atoms with van der Waals surface area (Å²) in [6.07, 6.45) is 1.49. The van der Waals surface area contributed by atoms with Crippen molar-refractivity contribution in [1.82, 2.24) is 5.32 Å². The molecule has 4 fully saturated rings. The first kappa shape index (κ1) is 20.8. The summed E-state index contributed by atoms with van der Waals surface area (Å²) in [5.41, 5.74) is -0.102. The van der Waals surface area contributed by atoms with Crippen LogP contribution in [-0.4, -0.2) is 59.8 Å². The van der Waals surface area contributed by atoms with Gasteiger partial charge in [-0.3, -0.25) is 9.69 Å². The minimum Gasteiger partial charge on any atom is -0.616 e. The lowest BCUT2D eigenvalue weighted by Gasteiger charge is -2.55. The molecule has 4 aliphatic rings. The maximum atomic E-state index is 14.8. The molecule has 1 aliphatic carbocycles. The van der Waals surface area contributed by atoms with Gasteiger partial charge in [-0.2, -0.15) is 0 Å². The van der Waals surface area contributed by atoms with Gasteiger partial charge in [0, 0.05) is 31.1 Å². The molecule has 3 heterocycles. The second kappa shape index (κ2) is 7.51. The summed E-state index contributed by atoms with van der Waals surface area (Å²) in [6, 6.07) is 1.88. The van der Waals surface area contributed by atoms with E-state index in [-0.39, 0.29) is 35.2 Å². The van der Waals surface area contributed by atoms with Gasteiger partial charge in [-0.15, -0.1) is 0 Å². The highest BCUT2D eigenvalue weighted by Gasteiger charge is 2.57. The number of halogens is 2. The molecule has 7 nitrogen and oxygen atoms in total. The summed E-state index contributed by atoms with van der Waals surface area (Å²) in [6.45, 7) is 2.83. The zero-order valence-corrected chi connectivity index (χ0v) is 18.1. The molecule has 1 N–H and O–H groups in total. The summed E-state index contributed by atoms with van der Waals surface area (Å²) >= 11 is -0.811. The Labute approximate surface area is 182 Å². The lowest BCUT2D eigenvalue weighted by Crippen LogP contribution is -2.68. The van der Waals surface area contributed by atoms with E-state index in [4.69, 9.17) is 4.74 Å². The molecular formula is C21H25F2N3O4S. The predicted octanol–water partition coefficient (Wildman–Crippen LogP) is 2.16. The Balaban J connectivity index is 1.25. The van der Waals surface area contributed by atoms with Crippen molar-refractivity contribution in [3.8, 4) is 0 Å². The van der Waals surface area contributed by atoms with Crippen LogP contribution in [-0.2, 0) is 20.7 Å². The van der Waals surface area contributed by atoms with Crippen molar-refractivity contribution in [3.63, 3.8) is 0 Å². The molecular weight excluding hydrogens is 428 g/mol. The fourth-order valence-corrected chi connectivity index (χ4v) is 6.46. The number of cyclic esters (lactones) is 1. The standard InChI is InChI=1S/C21H25F2N3O4S/c1-12(24-19(27)13-3-2-4-13)17-7-26(20(28)30-17)14-5-15(22)18(16(23)6-14)25-8-21(9-25)10-31(29)11-21/h5-6,12-13,17H,2-4,7-11H2,1H3,(H,24,27). The maximum Gasteiger partial charge on any atom is 0.414 e. The quantitative estimate of drug-likeness (QED) is 0.691. The number of hydrogen-bond acceptors (Lipinski definition) is 5. The number of rotatable bonds is 5. The summed E-state index contributed by atoms with van der Waals surface area (Å²) in [7, 11) is 0. The predicted molar refractivity (Wildman–Crippen MR) is 111 cm³/mol. The Bertz CT molecular complexity index is 891. The van der Waals surface area contributed by atoms with Gasteiger partial charge >= 0.3 is 6.09 Å². The topological polar surface area (TPSA) is 84.9 Å². The van der Waals surface area contributed by atoms with E-state index in [0.717, 1.165) is 31.4 Å². The average molecular weight is 454 g/mol. The monoisotopic (exact) mass is 453 g/mol. The van der Waals surface area contributed by atoms with Crippen molar-refractivity contribution in [2.45, 2.75) is 38.3 Å². The van der Waals surface area contributed by atoms with Gasteiger partial charge in [-0.25, -0.2) is 13.6 Å². The van der Waals surface area contributed by atoms with E-state index in [1.54, 1.807) is 11.8 Å². The molecule has 1 aromatic rings. The molecule has 5 rings (SSSR count). The van der Waals surface area contributed by atoms with Crippen molar-refractivity contribution in [2.75, 3.05) is 40.9 Å². The minimum atomic E-state index is -0.811. The van der Waals surface area contributed by atoms with Crippen LogP contribution < -0.4 is 15.1 Å². The Morgan fingerprint density at radius 3 is 2.48 bits per heavy atom. The van der Waals surface area contributed by atoms with E-state index in [1.165, 1.54) is 4.90 Å². The summed E-state index contributed by atoms with van der Waals surface area (Å²) < 4.78 is 46.3. The summed E-state index contributed by atoms with van der Waals surface area (Å²) in [5, 5.41) is 2.88. The Morgan fingerprint density at radius 1 is 1.29 bits per heavy atom. The van der Waals surface area contributed by atoms with Crippen molar-refractivity contribution >= 4 is 34.6 Å². The highest BCUT2D eigenvalue weighted by Crippen LogP contribution is 2.45. The van der Waals surface area contributed by atoms with E-state index in [0.29, 0.717) is 24.6 Å². The van der Waals surface area contributed by atoms with Gasteiger partial charge in [0.1, 0.15) is 23.3 Å². The first-order valence-electron chi connectivity index (χ1n) is 10.6. The van der Waals surface area contributed by atoms with Gasteiger partial charge in [0.15, 0.2) is 11.6 Å². The molecule has 168 valence electrons. The highest BCUT2D eigenvalue weighted by molar-refractivity contribution is 7.92. The largest absolute Gasteiger partial charge is 0.616 e. The number of nitrogens with one attached hydrogen (secondary N) is 1. The zero-order valence-electron chi connectivity index (χ0n) is 17.2. The molecule has 1 saturated carbocycles. The first-order chi connectivity index (χ1) is 14.7. The normalized spacial score (nSPS) is 26.2. The fourth-order valence-electron chi connectivity index (χ4n) is 4.82. The van der Waals surface area contributed by atoms with Crippen LogP contribution in [0.25, 0.3) is 0 Å². The number of carbonyl (C=O) groups is 2. The molecule has 1 aromatic carbocycles. The van der Waals surface area contributed by atoms with Crippen LogP contribution in [0.1, 0.15) is 26.2 Å². The highest BCUT2D eigenvalue weighted by atomic mass is 32.2. The van der Waals surface area contributed by atoms with Crippen LogP contribution in [0.4, 0.5) is 25.0 Å². The van der Waals surface area contributed by atoms with Gasteiger partial charge < -0.3 is 19.5 Å². The third kappa shape index (κ3) is 3.63. The molecule has 0 bridgehead atoms. The van der Waals surface area contributed by atoms with Crippen LogP contribution in [0.2, 0.25) is 0 Å². The van der Waals surface area contributed by atoms with Gasteiger partial charge in [0.25, 0.3) is 0 Å². The molecule has 3 saturated heterocycles. The van der Waals surface area contributed by atoms with Gasteiger partial charge in [-0.05, 0) is 19.8 Å². The van der Waals surface area contributed by atoms with E-state index in [1.807, 2.05) is 0 Å². The van der Waals surface area contributed by atoms with Crippen LogP contribution in [0.15, 0.2) is 12.1 Å². The molecule has 10 heteroatoms. The number of amides is 2. The van der Waals surface area contributed by atoms with Gasteiger partial charge in [0.2, 0.25) is 5.91 Å². The minimum absolute atomic E-state index is 0.0203. The molecule has 0 radical (unpaired) electrons. The van der Waals surface area contributed by atoms with Gasteiger partial charge in [0.05, 0.1) is 23.7 Å². The van der Waals surface area contributed by atoms with Crippen molar-refractivity contribution < 1.29 is 27.7 Å². The van der Waals surface area contributed by atoms with E-state index in [9.17, 15) is 22.9 Å². The Morgan fingerprint density at radius 2 is 1.94 bits per heavy atom. The van der Waals surface area contributed by atoms with E-state index < -0.39 is 41.0 Å². The number of hydrogen-bond donors (Lipinski definition) is 1. The number of carbonyl (C=O) groups excluding carboxylic acids is 2. The van der Waals surface area contributed by atoms with Gasteiger partial charge in [-0.1, -0.05) is 17.6 Å². The number of ether oxygens (including phenoxy) is 1. The number of benzene rings is 1. The Kier molecular flexibility index (Phi) is 5.04. The van der Waals surface area contributed by atoms with Crippen molar-refractivity contribution in [2.24, 2.45) is 11.3 Å². The maximum absolute atomic E-state index is 14.8. The smallest absolute Gasteiger partial charge is 0.414 e. The van der Waals surface area contributed by atoms with E-state index >= 15 is 0 Å². The van der Waals surface area contributed by atoms with Crippen LogP contribution in [0.3, 0.4) is 0 Å². The molecule has 2 unspecified atom stereocenters. The van der Waals surface area contributed by atoms with Crippen LogP contribution >= 0.6 is 0 Å². The fraction of sp³-hybridized carbons (Fsp3) is 0.619. The first-order valence-corrected chi connectivity index (χ1v) is 12.1. The van der Waals surface area contributed by atoms with Crippen molar-refractivity contribution in [1.29, 1.82) is 0 Å². The summed E-state index contributed by atoms with van der Waals surface area (Å²) in [5.74, 6) is -0.340. The second-order valence-corrected chi connectivity index (χ2v) is 10.8. The van der Waals surface area contributed by atoms with Crippen LogP contribution in [0, 0.1) is 23.0 Å². The summed E-state index contributed by atoms with van der Waals surface area (Å²) in [4.78, 5) is 27.3. The molecule has 0 aromatic heterocycles. The van der Waals surface area contributed by atoms with Crippen molar-refractivity contribution in [3.05, 3.63) is 23.8 Å². The SMILES string of the molecule is CC(NC(=O)C1CCC1)C1CN(c2cc(F)c(N3CC4(C3)C[S+]([O-])C4)c(F)c2)C(=O)O1. The third-order valence-electron chi connectivity index (χ3n) is 6.86. The molecule has 31 heavy (non-hydrogen) atoms. The number of anilines is 2. The lowest BCUT2D eigenvalue weighted by atomic mass is 9.82. The molecule has 3 aliphatic heterocycles. The number of nitrogens with zero attached hydrogens (tertiary/aromatic N) is 2. The molecule has 2 atom stereocenters. The zero-order chi connectivity index (χ0) is 21.9. The van der Waals surface area contributed by atoms with E-state index in [2.05, 4.69) is 5.32 Å².